The summed E-state index contributed by atoms with van der Waals surface area (Å²) >= 11 is 5.63. The molecular weight excluding hydrogens is 214 g/mol. The van der Waals surface area contributed by atoms with Gasteiger partial charge in [-0.1, -0.05) is 11.6 Å². The van der Waals surface area contributed by atoms with Crippen molar-refractivity contribution in [2.45, 2.75) is 12.8 Å². The molecule has 1 atom stereocenters. The van der Waals surface area contributed by atoms with E-state index in [0.717, 1.165) is 32.0 Å². The Morgan fingerprint density at radius 1 is 1.47 bits per heavy atom. The van der Waals surface area contributed by atoms with Gasteiger partial charge in [-0.25, -0.2) is 0 Å². The molecule has 1 aromatic rings. The maximum absolute atomic E-state index is 5.63. The van der Waals surface area contributed by atoms with Crippen molar-refractivity contribution in [1.82, 2.24) is 10.2 Å². The lowest BCUT2D eigenvalue weighted by molar-refractivity contribution is 0.185. The first-order valence-corrected chi connectivity index (χ1v) is 5.53. The predicted molar refractivity (Wildman–Crippen MR) is 59.1 cm³/mol. The van der Waals surface area contributed by atoms with Crippen LogP contribution in [0.4, 0.5) is 5.82 Å². The summed E-state index contributed by atoms with van der Waals surface area (Å²) in [5.41, 5.74) is 0. The van der Waals surface area contributed by atoms with Gasteiger partial charge in [0.25, 0.3) is 0 Å². The van der Waals surface area contributed by atoms with Gasteiger partial charge < -0.3 is 10.1 Å². The highest BCUT2D eigenvalue weighted by Gasteiger charge is 2.14. The minimum atomic E-state index is 0.421. The van der Waals surface area contributed by atoms with Gasteiger partial charge in [0.2, 0.25) is 0 Å². The molecule has 1 fully saturated rings. The van der Waals surface area contributed by atoms with Gasteiger partial charge in [0.1, 0.15) is 5.82 Å². The smallest absolute Gasteiger partial charge is 0.151 e. The number of rotatable bonds is 4. The lowest BCUT2D eigenvalue weighted by Crippen LogP contribution is -2.10. The van der Waals surface area contributed by atoms with Crippen LogP contribution in [0.15, 0.2) is 12.1 Å². The average Bonchev–Trinajstić information content (AvgIpc) is 2.74. The minimum Gasteiger partial charge on any atom is -0.381 e. The number of hydrogen-bond acceptors (Lipinski definition) is 4. The summed E-state index contributed by atoms with van der Waals surface area (Å²) in [6, 6.07) is 3.57. The highest BCUT2D eigenvalue weighted by Crippen LogP contribution is 2.16. The highest BCUT2D eigenvalue weighted by atomic mass is 35.5. The maximum Gasteiger partial charge on any atom is 0.151 e. The molecule has 2 heterocycles. The van der Waals surface area contributed by atoms with Crippen molar-refractivity contribution in [1.29, 1.82) is 0 Å². The molecule has 0 aliphatic carbocycles. The van der Waals surface area contributed by atoms with Crippen LogP contribution in [0.5, 0.6) is 0 Å². The van der Waals surface area contributed by atoms with Crippen LogP contribution in [0.25, 0.3) is 0 Å². The first kappa shape index (κ1) is 10.6. The molecule has 1 aromatic heterocycles. The summed E-state index contributed by atoms with van der Waals surface area (Å²) in [5, 5.41) is 11.3. The zero-order chi connectivity index (χ0) is 10.5. The molecule has 2 rings (SSSR count). The van der Waals surface area contributed by atoms with Crippen LogP contribution >= 0.6 is 11.6 Å². The van der Waals surface area contributed by atoms with Crippen molar-refractivity contribution in [2.24, 2.45) is 5.92 Å². The zero-order valence-electron chi connectivity index (χ0n) is 8.45. The number of anilines is 1. The highest BCUT2D eigenvalue weighted by molar-refractivity contribution is 6.29. The number of nitrogens with zero attached hydrogens (tertiary/aromatic N) is 2. The van der Waals surface area contributed by atoms with Crippen molar-refractivity contribution < 1.29 is 4.74 Å². The first-order chi connectivity index (χ1) is 7.34. The Balaban J connectivity index is 1.71. The molecule has 0 aromatic carbocycles. The van der Waals surface area contributed by atoms with Crippen LogP contribution in [-0.4, -0.2) is 30.0 Å². The van der Waals surface area contributed by atoms with E-state index in [1.807, 2.05) is 6.07 Å². The Kier molecular flexibility index (Phi) is 3.75. The Labute approximate surface area is 94.0 Å². The summed E-state index contributed by atoms with van der Waals surface area (Å²) in [6.07, 6.45) is 2.29. The second-order valence-electron chi connectivity index (χ2n) is 3.69. The third-order valence-corrected chi connectivity index (χ3v) is 2.72. The molecule has 15 heavy (non-hydrogen) atoms. The van der Waals surface area contributed by atoms with Crippen LogP contribution in [0.2, 0.25) is 5.15 Å². The lowest BCUT2D eigenvalue weighted by Gasteiger charge is -2.08. The normalized spacial score (nSPS) is 20.5. The molecule has 0 spiro atoms. The van der Waals surface area contributed by atoms with Crippen LogP contribution in [0.1, 0.15) is 12.8 Å². The van der Waals surface area contributed by atoms with E-state index in [1.165, 1.54) is 6.42 Å². The van der Waals surface area contributed by atoms with Crippen molar-refractivity contribution in [2.75, 3.05) is 25.1 Å². The number of aromatic nitrogens is 2. The van der Waals surface area contributed by atoms with Crippen LogP contribution < -0.4 is 5.32 Å². The van der Waals surface area contributed by atoms with Crippen molar-refractivity contribution in [3.8, 4) is 0 Å². The van der Waals surface area contributed by atoms with E-state index in [1.54, 1.807) is 6.07 Å². The Morgan fingerprint density at radius 2 is 2.40 bits per heavy atom. The van der Waals surface area contributed by atoms with Crippen LogP contribution in [0, 0.1) is 5.92 Å². The van der Waals surface area contributed by atoms with E-state index in [-0.39, 0.29) is 0 Å². The van der Waals surface area contributed by atoms with Gasteiger partial charge in [-0.15, -0.1) is 10.2 Å². The number of hydrogen-bond donors (Lipinski definition) is 1. The van der Waals surface area contributed by atoms with E-state index in [4.69, 9.17) is 16.3 Å². The fourth-order valence-electron chi connectivity index (χ4n) is 1.63. The monoisotopic (exact) mass is 227 g/mol. The third kappa shape index (κ3) is 3.32. The number of nitrogens with one attached hydrogen (secondary N) is 1. The van der Waals surface area contributed by atoms with E-state index in [2.05, 4.69) is 15.5 Å². The molecule has 0 bridgehead atoms. The van der Waals surface area contributed by atoms with Gasteiger partial charge in [0.15, 0.2) is 5.15 Å². The first-order valence-electron chi connectivity index (χ1n) is 5.15. The SMILES string of the molecule is Clc1ccc(NCCC2CCOC2)nn1. The second kappa shape index (κ2) is 5.28. The van der Waals surface area contributed by atoms with Gasteiger partial charge >= 0.3 is 0 Å². The molecule has 1 unspecified atom stereocenters. The largest absolute Gasteiger partial charge is 0.381 e. The summed E-state index contributed by atoms with van der Waals surface area (Å²) in [5.74, 6) is 1.47. The van der Waals surface area contributed by atoms with Crippen LogP contribution in [0.3, 0.4) is 0 Å². The zero-order valence-corrected chi connectivity index (χ0v) is 9.20. The van der Waals surface area contributed by atoms with Gasteiger partial charge in [0, 0.05) is 19.8 Å². The molecule has 1 N–H and O–H groups in total. The Bertz CT molecular complexity index is 298. The summed E-state index contributed by atoms with van der Waals surface area (Å²) in [7, 11) is 0. The average molecular weight is 228 g/mol. The third-order valence-electron chi connectivity index (χ3n) is 2.51. The van der Waals surface area contributed by atoms with Crippen LogP contribution in [-0.2, 0) is 4.74 Å². The standard InChI is InChI=1S/C10H14ClN3O/c11-9-1-2-10(14-13-9)12-5-3-8-4-6-15-7-8/h1-2,8H,3-7H2,(H,12,14). The Morgan fingerprint density at radius 3 is 3.07 bits per heavy atom. The fourth-order valence-corrected chi connectivity index (χ4v) is 1.73. The maximum atomic E-state index is 5.63. The van der Waals surface area contributed by atoms with Gasteiger partial charge in [-0.3, -0.25) is 0 Å². The summed E-state index contributed by atoms with van der Waals surface area (Å²) in [4.78, 5) is 0. The van der Waals surface area contributed by atoms with Crippen molar-refractivity contribution in [3.05, 3.63) is 17.3 Å². The summed E-state index contributed by atoms with van der Waals surface area (Å²) < 4.78 is 5.30. The second-order valence-corrected chi connectivity index (χ2v) is 4.07. The fraction of sp³-hybridized carbons (Fsp3) is 0.600. The molecule has 0 saturated carbocycles. The van der Waals surface area contributed by atoms with Gasteiger partial charge in [-0.2, -0.15) is 0 Å². The molecule has 1 aliphatic rings. The summed E-state index contributed by atoms with van der Waals surface area (Å²) in [6.45, 7) is 2.71. The van der Waals surface area contributed by atoms with E-state index >= 15 is 0 Å². The van der Waals surface area contributed by atoms with E-state index in [9.17, 15) is 0 Å². The molecule has 0 amide bonds. The molecule has 5 heteroatoms. The topological polar surface area (TPSA) is 47.0 Å². The lowest BCUT2D eigenvalue weighted by atomic mass is 10.1. The minimum absolute atomic E-state index is 0.421. The molecule has 0 radical (unpaired) electrons. The predicted octanol–water partition coefficient (Wildman–Crippen LogP) is 1.97. The molecule has 4 nitrogen and oxygen atoms in total. The van der Waals surface area contributed by atoms with Gasteiger partial charge in [0.05, 0.1) is 0 Å². The molecule has 1 saturated heterocycles. The quantitative estimate of drug-likeness (QED) is 0.855. The van der Waals surface area contributed by atoms with Crippen molar-refractivity contribution in [3.63, 3.8) is 0 Å². The van der Waals surface area contributed by atoms with E-state index < -0.39 is 0 Å². The number of ether oxygens (including phenoxy) is 1. The number of halogens is 1. The van der Waals surface area contributed by atoms with E-state index in [0.29, 0.717) is 11.1 Å². The Hall–Kier alpha value is -0.870. The molecule has 1 aliphatic heterocycles. The van der Waals surface area contributed by atoms with Gasteiger partial charge in [-0.05, 0) is 30.9 Å². The van der Waals surface area contributed by atoms with Crippen molar-refractivity contribution >= 4 is 17.4 Å². The molecule has 82 valence electrons. The molecular formula is C10H14ClN3O.